The lowest BCUT2D eigenvalue weighted by Gasteiger charge is -2.21. The average Bonchev–Trinajstić information content (AvgIpc) is 3.46. The van der Waals surface area contributed by atoms with Gasteiger partial charge in [0.2, 0.25) is 11.8 Å². The number of rotatable bonds is 6. The fraction of sp³-hybridized carbons (Fsp3) is 0.273. The highest BCUT2D eigenvalue weighted by atomic mass is 35.5. The van der Waals surface area contributed by atoms with E-state index in [0.29, 0.717) is 23.2 Å². The van der Waals surface area contributed by atoms with Crippen LogP contribution in [0.1, 0.15) is 31.0 Å². The Hall–Kier alpha value is -2.86. The fourth-order valence-electron chi connectivity index (χ4n) is 3.28. The molecule has 3 aromatic rings. The van der Waals surface area contributed by atoms with Gasteiger partial charge in [0.05, 0.1) is 23.5 Å². The zero-order chi connectivity index (χ0) is 20.5. The molecule has 2 aromatic carbocycles. The Balaban J connectivity index is 1.78. The SMILES string of the molecule is CC(=O)N(Cc1c(C)nn(-c2ccc(Cl)cc2)c1Oc1cccc(F)c1)C1CC1. The molecule has 0 atom stereocenters. The van der Waals surface area contributed by atoms with Gasteiger partial charge in [-0.1, -0.05) is 17.7 Å². The molecule has 1 aliphatic carbocycles. The molecular formula is C22H21ClFN3O2. The van der Waals surface area contributed by atoms with Crippen LogP contribution in [0.3, 0.4) is 0 Å². The van der Waals surface area contributed by atoms with E-state index in [1.54, 1.807) is 35.9 Å². The maximum atomic E-state index is 13.7. The Labute approximate surface area is 173 Å². The van der Waals surface area contributed by atoms with Crippen LogP contribution in [0.5, 0.6) is 11.6 Å². The van der Waals surface area contributed by atoms with Gasteiger partial charge >= 0.3 is 0 Å². The Morgan fingerprint density at radius 3 is 2.62 bits per heavy atom. The van der Waals surface area contributed by atoms with E-state index in [9.17, 15) is 9.18 Å². The molecule has 1 fully saturated rings. The van der Waals surface area contributed by atoms with Crippen molar-refractivity contribution in [3.63, 3.8) is 0 Å². The van der Waals surface area contributed by atoms with E-state index in [1.807, 2.05) is 24.0 Å². The Bertz CT molecular complexity index is 1040. The number of carbonyl (C=O) groups excluding carboxylic acids is 1. The minimum atomic E-state index is -0.387. The molecule has 0 aliphatic heterocycles. The second-order valence-electron chi connectivity index (χ2n) is 7.19. The van der Waals surface area contributed by atoms with Gasteiger partial charge in [-0.25, -0.2) is 9.07 Å². The first-order chi connectivity index (χ1) is 13.9. The predicted molar refractivity (Wildman–Crippen MR) is 109 cm³/mol. The van der Waals surface area contributed by atoms with Crippen molar-refractivity contribution in [2.75, 3.05) is 0 Å². The highest BCUT2D eigenvalue weighted by Crippen LogP contribution is 2.35. The maximum Gasteiger partial charge on any atom is 0.227 e. The summed E-state index contributed by atoms with van der Waals surface area (Å²) >= 11 is 6.02. The topological polar surface area (TPSA) is 47.4 Å². The molecule has 0 radical (unpaired) electrons. The van der Waals surface area contributed by atoms with E-state index in [1.165, 1.54) is 12.1 Å². The highest BCUT2D eigenvalue weighted by molar-refractivity contribution is 6.30. The lowest BCUT2D eigenvalue weighted by Crippen LogP contribution is -2.30. The number of carbonyl (C=O) groups is 1. The van der Waals surface area contributed by atoms with E-state index in [0.717, 1.165) is 29.8 Å². The maximum absolute atomic E-state index is 13.7. The number of hydrogen-bond donors (Lipinski definition) is 0. The highest BCUT2D eigenvalue weighted by Gasteiger charge is 2.33. The van der Waals surface area contributed by atoms with Crippen LogP contribution in [0.2, 0.25) is 5.02 Å². The van der Waals surface area contributed by atoms with Crippen LogP contribution in [-0.4, -0.2) is 26.6 Å². The third-order valence-electron chi connectivity index (χ3n) is 4.94. The Morgan fingerprint density at radius 1 is 1.28 bits per heavy atom. The average molecular weight is 414 g/mol. The summed E-state index contributed by atoms with van der Waals surface area (Å²) in [5, 5.41) is 5.25. The molecule has 0 spiro atoms. The lowest BCUT2D eigenvalue weighted by molar-refractivity contribution is -0.130. The summed E-state index contributed by atoms with van der Waals surface area (Å²) in [6.07, 6.45) is 2.01. The zero-order valence-electron chi connectivity index (χ0n) is 16.2. The number of amides is 1. The van der Waals surface area contributed by atoms with Crippen LogP contribution >= 0.6 is 11.6 Å². The summed E-state index contributed by atoms with van der Waals surface area (Å²) in [6.45, 7) is 3.85. The first kappa shape index (κ1) is 19.5. The molecule has 7 heteroatoms. The number of benzene rings is 2. The number of aryl methyl sites for hydroxylation is 1. The number of hydrogen-bond acceptors (Lipinski definition) is 3. The van der Waals surface area contributed by atoms with Gasteiger partial charge in [0, 0.05) is 24.1 Å². The Kier molecular flexibility index (Phi) is 5.28. The van der Waals surface area contributed by atoms with Crippen molar-refractivity contribution in [1.29, 1.82) is 0 Å². The summed E-state index contributed by atoms with van der Waals surface area (Å²) in [6, 6.07) is 13.4. The molecular weight excluding hydrogens is 393 g/mol. The molecule has 5 nitrogen and oxygen atoms in total. The molecule has 1 heterocycles. The predicted octanol–water partition coefficient (Wildman–Crippen LogP) is 5.28. The van der Waals surface area contributed by atoms with Crippen molar-refractivity contribution in [1.82, 2.24) is 14.7 Å². The largest absolute Gasteiger partial charge is 0.438 e. The van der Waals surface area contributed by atoms with E-state index in [2.05, 4.69) is 5.10 Å². The minimum Gasteiger partial charge on any atom is -0.438 e. The van der Waals surface area contributed by atoms with Crippen LogP contribution in [0.15, 0.2) is 48.5 Å². The van der Waals surface area contributed by atoms with Crippen LogP contribution in [-0.2, 0) is 11.3 Å². The first-order valence-electron chi connectivity index (χ1n) is 9.47. The molecule has 150 valence electrons. The molecule has 0 saturated heterocycles. The fourth-order valence-corrected chi connectivity index (χ4v) is 3.40. The van der Waals surface area contributed by atoms with Crippen molar-refractivity contribution in [2.45, 2.75) is 39.3 Å². The Morgan fingerprint density at radius 2 is 2.00 bits per heavy atom. The second kappa shape index (κ2) is 7.87. The van der Waals surface area contributed by atoms with Gasteiger partial charge in [-0.3, -0.25) is 4.79 Å². The van der Waals surface area contributed by atoms with Gasteiger partial charge in [-0.05, 0) is 56.2 Å². The molecule has 1 aromatic heterocycles. The van der Waals surface area contributed by atoms with Gasteiger partial charge in [-0.15, -0.1) is 0 Å². The normalized spacial score (nSPS) is 13.4. The van der Waals surface area contributed by atoms with Crippen LogP contribution < -0.4 is 4.74 Å². The quantitative estimate of drug-likeness (QED) is 0.552. The van der Waals surface area contributed by atoms with E-state index < -0.39 is 0 Å². The summed E-state index contributed by atoms with van der Waals surface area (Å²) in [5.74, 6) is 0.453. The molecule has 29 heavy (non-hydrogen) atoms. The third kappa shape index (κ3) is 4.27. The van der Waals surface area contributed by atoms with E-state index >= 15 is 0 Å². The van der Waals surface area contributed by atoms with Crippen molar-refractivity contribution in [2.24, 2.45) is 0 Å². The molecule has 4 rings (SSSR count). The van der Waals surface area contributed by atoms with Gasteiger partial charge in [0.25, 0.3) is 0 Å². The summed E-state index contributed by atoms with van der Waals surface area (Å²) in [7, 11) is 0. The summed E-state index contributed by atoms with van der Waals surface area (Å²) in [4.78, 5) is 14.0. The standard InChI is InChI=1S/C22H21ClFN3O2/c1-14-21(13-26(15(2)28)18-10-11-18)22(29-20-5-3-4-17(24)12-20)27(25-14)19-8-6-16(23)7-9-19/h3-9,12,18H,10-11,13H2,1-2H3. The number of aromatic nitrogens is 2. The number of ether oxygens (including phenoxy) is 1. The van der Waals surface area contributed by atoms with Crippen molar-refractivity contribution >= 4 is 17.5 Å². The smallest absolute Gasteiger partial charge is 0.227 e. The van der Waals surface area contributed by atoms with Crippen molar-refractivity contribution < 1.29 is 13.9 Å². The lowest BCUT2D eigenvalue weighted by atomic mass is 10.2. The second-order valence-corrected chi connectivity index (χ2v) is 7.63. The number of nitrogens with zero attached hydrogens (tertiary/aromatic N) is 3. The number of halogens is 2. The van der Waals surface area contributed by atoms with Gasteiger partial charge in [0.1, 0.15) is 11.6 Å². The monoisotopic (exact) mass is 413 g/mol. The van der Waals surface area contributed by atoms with Crippen LogP contribution in [0.25, 0.3) is 5.69 Å². The zero-order valence-corrected chi connectivity index (χ0v) is 17.0. The van der Waals surface area contributed by atoms with Crippen LogP contribution in [0.4, 0.5) is 4.39 Å². The minimum absolute atomic E-state index is 0.0165. The molecule has 1 amide bonds. The van der Waals surface area contributed by atoms with Crippen molar-refractivity contribution in [3.05, 3.63) is 70.6 Å². The van der Waals surface area contributed by atoms with Gasteiger partial charge < -0.3 is 9.64 Å². The molecule has 0 N–H and O–H groups in total. The molecule has 1 saturated carbocycles. The molecule has 0 bridgehead atoms. The molecule has 0 unspecified atom stereocenters. The summed E-state index contributed by atoms with van der Waals surface area (Å²) < 4.78 is 21.5. The van der Waals surface area contributed by atoms with E-state index in [4.69, 9.17) is 16.3 Å². The van der Waals surface area contributed by atoms with Crippen molar-refractivity contribution in [3.8, 4) is 17.3 Å². The van der Waals surface area contributed by atoms with Gasteiger partial charge in [-0.2, -0.15) is 5.10 Å². The van der Waals surface area contributed by atoms with Crippen LogP contribution in [0, 0.1) is 12.7 Å². The van der Waals surface area contributed by atoms with E-state index in [-0.39, 0.29) is 17.8 Å². The first-order valence-corrected chi connectivity index (χ1v) is 9.85. The third-order valence-corrected chi connectivity index (χ3v) is 5.19. The summed E-state index contributed by atoms with van der Waals surface area (Å²) in [5.41, 5.74) is 2.31. The molecule has 1 aliphatic rings. The van der Waals surface area contributed by atoms with Gasteiger partial charge in [0.15, 0.2) is 0 Å².